The average molecular weight is 288 g/mol. The van der Waals surface area contributed by atoms with Crippen LogP contribution >= 0.6 is 0 Å². The van der Waals surface area contributed by atoms with Crippen molar-refractivity contribution in [2.75, 3.05) is 27.2 Å². The zero-order chi connectivity index (χ0) is 15.8. The van der Waals surface area contributed by atoms with Crippen LogP contribution in [0.4, 0.5) is 0 Å². The predicted octanol–water partition coefficient (Wildman–Crippen LogP) is 3.67. The minimum atomic E-state index is 0.436. The lowest BCUT2D eigenvalue weighted by Gasteiger charge is -2.29. The molecule has 0 aromatic carbocycles. The summed E-state index contributed by atoms with van der Waals surface area (Å²) in [5.41, 5.74) is 4.46. The molecule has 0 saturated heterocycles. The first-order chi connectivity index (χ1) is 10.1. The van der Waals surface area contributed by atoms with Gasteiger partial charge in [0.1, 0.15) is 5.76 Å². The highest BCUT2D eigenvalue weighted by atomic mass is 16.5. The Morgan fingerprint density at radius 2 is 2.24 bits per heavy atom. The third kappa shape index (κ3) is 4.18. The van der Waals surface area contributed by atoms with Gasteiger partial charge in [-0.2, -0.15) is 0 Å². The Kier molecular flexibility index (Phi) is 7.17. The van der Waals surface area contributed by atoms with E-state index in [1.165, 1.54) is 5.57 Å². The summed E-state index contributed by atoms with van der Waals surface area (Å²) in [5, 5.41) is 3.25. The molecule has 0 bridgehead atoms. The number of hydrogen-bond acceptors (Lipinski definition) is 3. The molecule has 1 atom stereocenters. The molecule has 1 aliphatic heterocycles. The SMILES string of the molecule is C=CC1=C(C(=C)/C(CC)=C(\C)C=NC)OCCC1CNC. The van der Waals surface area contributed by atoms with Gasteiger partial charge in [-0.3, -0.25) is 4.99 Å². The van der Waals surface area contributed by atoms with Crippen molar-refractivity contribution in [3.05, 3.63) is 47.3 Å². The molecule has 1 heterocycles. The first kappa shape index (κ1) is 17.4. The lowest BCUT2D eigenvalue weighted by Crippen LogP contribution is -2.26. The highest BCUT2D eigenvalue weighted by Gasteiger charge is 2.24. The first-order valence-corrected chi connectivity index (χ1v) is 7.56. The summed E-state index contributed by atoms with van der Waals surface area (Å²) < 4.78 is 5.93. The number of allylic oxidation sites excluding steroid dienone is 3. The fraction of sp³-hybridized carbons (Fsp3) is 0.500. The molecule has 1 rings (SSSR count). The molecule has 3 nitrogen and oxygen atoms in total. The molecule has 0 saturated carbocycles. The van der Waals surface area contributed by atoms with Crippen LogP contribution in [0.1, 0.15) is 26.7 Å². The van der Waals surface area contributed by atoms with E-state index in [0.717, 1.165) is 48.5 Å². The average Bonchev–Trinajstić information content (AvgIpc) is 2.48. The molecule has 0 fully saturated rings. The van der Waals surface area contributed by atoms with E-state index in [4.69, 9.17) is 4.74 Å². The summed E-state index contributed by atoms with van der Waals surface area (Å²) in [4.78, 5) is 4.10. The number of rotatable bonds is 7. The van der Waals surface area contributed by atoms with Gasteiger partial charge in [0.15, 0.2) is 0 Å². The fourth-order valence-electron chi connectivity index (χ4n) is 2.85. The maximum atomic E-state index is 5.93. The molecule has 1 N–H and O–H groups in total. The second kappa shape index (κ2) is 8.63. The van der Waals surface area contributed by atoms with Gasteiger partial charge in [0.2, 0.25) is 0 Å². The lowest BCUT2D eigenvalue weighted by atomic mass is 9.87. The zero-order valence-electron chi connectivity index (χ0n) is 13.8. The molecule has 0 amide bonds. The molecule has 1 unspecified atom stereocenters. The lowest BCUT2D eigenvalue weighted by molar-refractivity contribution is 0.175. The summed E-state index contributed by atoms with van der Waals surface area (Å²) in [7, 11) is 3.76. The quantitative estimate of drug-likeness (QED) is 0.573. The normalized spacial score (nSPS) is 20.3. The van der Waals surface area contributed by atoms with Gasteiger partial charge in [-0.1, -0.05) is 26.2 Å². The summed E-state index contributed by atoms with van der Waals surface area (Å²) in [5.74, 6) is 1.34. The Hall–Kier alpha value is -1.61. The molecular formula is C18H28N2O. The van der Waals surface area contributed by atoms with Crippen molar-refractivity contribution in [2.24, 2.45) is 10.9 Å². The van der Waals surface area contributed by atoms with E-state index in [2.05, 4.69) is 37.3 Å². The summed E-state index contributed by atoms with van der Waals surface area (Å²) >= 11 is 0. The minimum Gasteiger partial charge on any atom is -0.493 e. The minimum absolute atomic E-state index is 0.436. The van der Waals surface area contributed by atoms with E-state index < -0.39 is 0 Å². The van der Waals surface area contributed by atoms with Crippen molar-refractivity contribution < 1.29 is 4.74 Å². The molecule has 116 valence electrons. The van der Waals surface area contributed by atoms with Crippen LogP contribution in [0.2, 0.25) is 0 Å². The molecule has 3 heteroatoms. The molecule has 0 aliphatic carbocycles. The number of nitrogens with zero attached hydrogens (tertiary/aromatic N) is 1. The van der Waals surface area contributed by atoms with Crippen molar-refractivity contribution >= 4 is 6.21 Å². The Morgan fingerprint density at radius 1 is 1.52 bits per heavy atom. The van der Waals surface area contributed by atoms with E-state index in [9.17, 15) is 0 Å². The molecular weight excluding hydrogens is 260 g/mol. The Balaban J connectivity index is 3.23. The summed E-state index contributed by atoms with van der Waals surface area (Å²) in [6, 6.07) is 0. The first-order valence-electron chi connectivity index (χ1n) is 7.56. The second-order valence-corrected chi connectivity index (χ2v) is 5.26. The zero-order valence-corrected chi connectivity index (χ0v) is 13.8. The highest BCUT2D eigenvalue weighted by Crippen LogP contribution is 2.34. The van der Waals surface area contributed by atoms with Crippen molar-refractivity contribution in [3.8, 4) is 0 Å². The number of hydrogen-bond donors (Lipinski definition) is 1. The third-order valence-corrected chi connectivity index (χ3v) is 3.88. The van der Waals surface area contributed by atoms with Crippen LogP contribution < -0.4 is 5.32 Å². The third-order valence-electron chi connectivity index (χ3n) is 3.88. The largest absolute Gasteiger partial charge is 0.493 e. The van der Waals surface area contributed by atoms with Crippen molar-refractivity contribution in [1.82, 2.24) is 5.32 Å². The Morgan fingerprint density at radius 3 is 2.76 bits per heavy atom. The molecule has 0 spiro atoms. The smallest absolute Gasteiger partial charge is 0.129 e. The standard InChI is InChI=1S/C18H28N2O/c1-7-16(13(3)11-19-5)14(4)18-17(8-2)15(12-20-6)9-10-21-18/h8,11,15,20H,2,4,7,9-10,12H2,1,3,5-6H3/b16-13+,19-11?. The highest BCUT2D eigenvalue weighted by molar-refractivity contribution is 5.80. The maximum absolute atomic E-state index is 5.93. The molecule has 21 heavy (non-hydrogen) atoms. The van der Waals surface area contributed by atoms with E-state index in [1.54, 1.807) is 7.05 Å². The van der Waals surface area contributed by atoms with Crippen LogP contribution in [-0.4, -0.2) is 33.5 Å². The number of ether oxygens (including phenoxy) is 1. The van der Waals surface area contributed by atoms with Crippen molar-refractivity contribution in [1.29, 1.82) is 0 Å². The van der Waals surface area contributed by atoms with Gasteiger partial charge < -0.3 is 10.1 Å². The van der Waals surface area contributed by atoms with Gasteiger partial charge in [0.05, 0.1) is 6.61 Å². The van der Waals surface area contributed by atoms with Gasteiger partial charge in [-0.05, 0) is 43.5 Å². The summed E-state index contributed by atoms with van der Waals surface area (Å²) in [6.45, 7) is 14.1. The van der Waals surface area contributed by atoms with Gasteiger partial charge in [-0.25, -0.2) is 0 Å². The van der Waals surface area contributed by atoms with Crippen LogP contribution in [0.15, 0.2) is 52.3 Å². The number of nitrogens with one attached hydrogen (secondary N) is 1. The predicted molar refractivity (Wildman–Crippen MR) is 91.8 cm³/mol. The van der Waals surface area contributed by atoms with Gasteiger partial charge >= 0.3 is 0 Å². The van der Waals surface area contributed by atoms with Gasteiger partial charge in [0.25, 0.3) is 0 Å². The summed E-state index contributed by atoms with van der Waals surface area (Å²) in [6.07, 6.45) is 5.72. The topological polar surface area (TPSA) is 33.6 Å². The molecule has 0 aromatic rings. The Bertz CT molecular complexity index is 483. The van der Waals surface area contributed by atoms with Crippen LogP contribution in [0, 0.1) is 5.92 Å². The van der Waals surface area contributed by atoms with Crippen LogP contribution in [0.25, 0.3) is 0 Å². The molecule has 0 aromatic heterocycles. The van der Waals surface area contributed by atoms with E-state index in [-0.39, 0.29) is 0 Å². The van der Waals surface area contributed by atoms with Crippen molar-refractivity contribution in [3.63, 3.8) is 0 Å². The number of aliphatic imine (C=N–C) groups is 1. The van der Waals surface area contributed by atoms with Gasteiger partial charge in [-0.15, -0.1) is 0 Å². The van der Waals surface area contributed by atoms with Crippen LogP contribution in [0.5, 0.6) is 0 Å². The van der Waals surface area contributed by atoms with Gasteiger partial charge in [0, 0.05) is 31.3 Å². The molecule has 1 aliphatic rings. The molecule has 0 radical (unpaired) electrons. The maximum Gasteiger partial charge on any atom is 0.129 e. The van der Waals surface area contributed by atoms with Crippen LogP contribution in [0.3, 0.4) is 0 Å². The van der Waals surface area contributed by atoms with Crippen molar-refractivity contribution in [2.45, 2.75) is 26.7 Å². The van der Waals surface area contributed by atoms with E-state index >= 15 is 0 Å². The van der Waals surface area contributed by atoms with E-state index in [1.807, 2.05) is 19.3 Å². The monoisotopic (exact) mass is 288 g/mol. The fourth-order valence-corrected chi connectivity index (χ4v) is 2.85. The van der Waals surface area contributed by atoms with Crippen LogP contribution in [-0.2, 0) is 4.74 Å². The van der Waals surface area contributed by atoms with E-state index in [0.29, 0.717) is 5.92 Å². The Labute approximate surface area is 129 Å². The second-order valence-electron chi connectivity index (χ2n) is 5.26.